The predicted octanol–water partition coefficient (Wildman–Crippen LogP) is 1.51. The molecule has 0 N–H and O–H groups in total. The van der Waals surface area contributed by atoms with E-state index in [-0.39, 0.29) is 6.61 Å². The molecule has 1 saturated heterocycles. The van der Waals surface area contributed by atoms with Crippen LogP contribution in [0.2, 0.25) is 0 Å². The van der Waals surface area contributed by atoms with Crippen molar-refractivity contribution >= 4 is 29.6 Å². The summed E-state index contributed by atoms with van der Waals surface area (Å²) in [6.07, 6.45) is 1.13. The number of guanidine groups is 1. The van der Waals surface area contributed by atoms with Crippen LogP contribution < -0.4 is 9.64 Å². The first-order chi connectivity index (χ1) is 14.8. The maximum atomic E-state index is 13.3. The van der Waals surface area contributed by atoms with Crippen LogP contribution in [-0.4, -0.2) is 78.1 Å². The van der Waals surface area contributed by atoms with Crippen molar-refractivity contribution < 1.29 is 23.9 Å². The summed E-state index contributed by atoms with van der Waals surface area (Å²) < 4.78 is 10.5. The maximum absolute atomic E-state index is 13.3. The Bertz CT molecular complexity index is 1020. The van der Waals surface area contributed by atoms with Crippen molar-refractivity contribution in [2.75, 3.05) is 32.2 Å². The number of methoxy groups -OCH3 is 1. The molecule has 0 spiro atoms. The number of hydrogen-bond donors (Lipinski definition) is 0. The highest BCUT2D eigenvalue weighted by molar-refractivity contribution is 6.11. The Hall–Kier alpha value is -3.56. The first-order valence-corrected chi connectivity index (χ1v) is 10.0. The minimum Gasteiger partial charge on any atom is -0.495 e. The van der Waals surface area contributed by atoms with Crippen molar-refractivity contribution in [2.45, 2.75) is 33.0 Å². The van der Waals surface area contributed by atoms with E-state index >= 15 is 0 Å². The lowest BCUT2D eigenvalue weighted by Crippen LogP contribution is -2.65. The Morgan fingerprint density at radius 3 is 2.65 bits per heavy atom. The van der Waals surface area contributed by atoms with Crippen LogP contribution >= 0.6 is 0 Å². The molecule has 3 aliphatic rings. The summed E-state index contributed by atoms with van der Waals surface area (Å²) >= 11 is 0. The van der Waals surface area contributed by atoms with E-state index in [0.29, 0.717) is 11.7 Å². The van der Waals surface area contributed by atoms with Gasteiger partial charge in [-0.05, 0) is 38.5 Å². The summed E-state index contributed by atoms with van der Waals surface area (Å²) in [5.74, 6) is 0.0799. The lowest BCUT2D eigenvalue weighted by atomic mass is 10.1. The number of carbonyl (C=O) groups is 3. The van der Waals surface area contributed by atoms with E-state index in [1.54, 1.807) is 26.0 Å². The molecule has 2 atom stereocenters. The van der Waals surface area contributed by atoms with E-state index in [1.165, 1.54) is 4.90 Å². The van der Waals surface area contributed by atoms with Gasteiger partial charge >= 0.3 is 12.0 Å². The number of fused-ring (bicyclic) bond motifs is 3. The topological polar surface area (TPSA) is 95.0 Å². The first kappa shape index (κ1) is 20.7. The number of likely N-dealkylation sites (N-methyl/N-ethyl adjacent to an activating group) is 1. The summed E-state index contributed by atoms with van der Waals surface area (Å²) in [6.45, 7) is 5.31. The number of aryl methyl sites for hydroxylation is 1. The van der Waals surface area contributed by atoms with Gasteiger partial charge < -0.3 is 19.3 Å². The fraction of sp³-hybridized carbons (Fsp3) is 0.429. The zero-order valence-electron chi connectivity index (χ0n) is 18.2. The van der Waals surface area contributed by atoms with E-state index < -0.39 is 36.7 Å². The highest BCUT2D eigenvalue weighted by atomic mass is 16.5. The van der Waals surface area contributed by atoms with Gasteiger partial charge in [0, 0.05) is 18.9 Å². The molecule has 3 aliphatic heterocycles. The molecule has 0 radical (unpaired) electrons. The van der Waals surface area contributed by atoms with Gasteiger partial charge in [-0.3, -0.25) is 19.4 Å². The number of ether oxygens (including phenoxy) is 2. The first-order valence-electron chi connectivity index (χ1n) is 10.0. The maximum Gasteiger partial charge on any atom is 0.328 e. The number of nitrogens with zero attached hydrogens (tertiary/aromatic N) is 5. The summed E-state index contributed by atoms with van der Waals surface area (Å²) in [7, 11) is 3.17. The number of rotatable bonds is 5. The third-order valence-electron chi connectivity index (χ3n) is 5.56. The Morgan fingerprint density at radius 1 is 1.23 bits per heavy atom. The van der Waals surface area contributed by atoms with Gasteiger partial charge in [0.05, 0.1) is 19.4 Å². The van der Waals surface area contributed by atoms with E-state index in [4.69, 9.17) is 14.5 Å². The molecule has 10 heteroatoms. The molecule has 0 aliphatic carbocycles. The Kier molecular flexibility index (Phi) is 5.08. The Balaban J connectivity index is 1.70. The number of amides is 3. The van der Waals surface area contributed by atoms with Gasteiger partial charge in [-0.2, -0.15) is 0 Å². The van der Waals surface area contributed by atoms with Crippen LogP contribution in [0, 0.1) is 6.92 Å². The van der Waals surface area contributed by atoms with Crippen LogP contribution in [0.3, 0.4) is 0 Å². The second-order valence-electron chi connectivity index (χ2n) is 7.60. The van der Waals surface area contributed by atoms with E-state index in [0.717, 1.165) is 21.8 Å². The Morgan fingerprint density at radius 2 is 1.97 bits per heavy atom. The van der Waals surface area contributed by atoms with Crippen molar-refractivity contribution in [3.05, 3.63) is 35.7 Å². The van der Waals surface area contributed by atoms with E-state index in [2.05, 4.69) is 0 Å². The zero-order valence-corrected chi connectivity index (χ0v) is 18.2. The molecular formula is C21H25N5O5. The van der Waals surface area contributed by atoms with Crippen LogP contribution in [0.1, 0.15) is 19.4 Å². The fourth-order valence-corrected chi connectivity index (χ4v) is 4.11. The smallest absolute Gasteiger partial charge is 0.328 e. The Labute approximate surface area is 180 Å². The molecule has 164 valence electrons. The predicted molar refractivity (Wildman–Crippen MR) is 112 cm³/mol. The van der Waals surface area contributed by atoms with Crippen molar-refractivity contribution in [2.24, 2.45) is 4.99 Å². The van der Waals surface area contributed by atoms with Crippen LogP contribution in [0.4, 0.5) is 10.5 Å². The van der Waals surface area contributed by atoms with Crippen molar-refractivity contribution in [3.63, 3.8) is 0 Å². The standard InChI is InChI=1S/C21H25N5O5/c1-6-31-16(27)11-25-19(28)17-18(23(4)21(25)29)22-20-24(17)10-13(3)26(20)14-9-12(2)7-8-15(14)30-5/h7-10,17-18H,6,11H2,1-5H3. The lowest BCUT2D eigenvalue weighted by molar-refractivity contribution is -0.150. The van der Waals surface area contributed by atoms with Crippen LogP contribution in [0.15, 0.2) is 35.1 Å². The highest BCUT2D eigenvalue weighted by Crippen LogP contribution is 2.40. The number of urea groups is 1. The zero-order chi connectivity index (χ0) is 22.4. The van der Waals surface area contributed by atoms with Gasteiger partial charge in [0.15, 0.2) is 12.2 Å². The molecule has 0 aromatic heterocycles. The van der Waals surface area contributed by atoms with Gasteiger partial charge in [-0.1, -0.05) is 6.07 Å². The second-order valence-corrected chi connectivity index (χ2v) is 7.60. The summed E-state index contributed by atoms with van der Waals surface area (Å²) in [4.78, 5) is 48.7. The largest absolute Gasteiger partial charge is 0.495 e. The number of hydrogen-bond acceptors (Lipinski definition) is 8. The summed E-state index contributed by atoms with van der Waals surface area (Å²) in [5, 5.41) is 0. The van der Waals surface area contributed by atoms with Gasteiger partial charge in [0.25, 0.3) is 5.91 Å². The molecule has 0 saturated carbocycles. The van der Waals surface area contributed by atoms with Gasteiger partial charge in [-0.25, -0.2) is 9.79 Å². The SMILES string of the molecule is CCOC(=O)CN1C(=O)C2C(N=C3N(c4cc(C)ccc4OC)C(C)=CN32)N(C)C1=O. The molecule has 2 unspecified atom stereocenters. The van der Waals surface area contributed by atoms with Crippen LogP contribution in [-0.2, 0) is 14.3 Å². The third-order valence-corrected chi connectivity index (χ3v) is 5.56. The van der Waals surface area contributed by atoms with Crippen LogP contribution in [0.25, 0.3) is 0 Å². The number of esters is 1. The number of imide groups is 1. The van der Waals surface area contributed by atoms with Crippen molar-refractivity contribution in [3.8, 4) is 5.75 Å². The van der Waals surface area contributed by atoms with Crippen LogP contribution in [0.5, 0.6) is 5.75 Å². The van der Waals surface area contributed by atoms with Gasteiger partial charge in [0.2, 0.25) is 5.96 Å². The average Bonchev–Trinajstić information content (AvgIpc) is 3.24. The number of aliphatic imine (C=N–C) groups is 1. The average molecular weight is 427 g/mol. The highest BCUT2D eigenvalue weighted by Gasteiger charge is 2.55. The molecule has 1 aromatic rings. The van der Waals surface area contributed by atoms with E-state index in [1.807, 2.05) is 43.1 Å². The normalized spacial score (nSPS) is 22.4. The van der Waals surface area contributed by atoms with Gasteiger partial charge in [-0.15, -0.1) is 0 Å². The lowest BCUT2D eigenvalue weighted by Gasteiger charge is -2.39. The number of benzene rings is 1. The van der Waals surface area contributed by atoms with Crippen molar-refractivity contribution in [1.29, 1.82) is 0 Å². The summed E-state index contributed by atoms with van der Waals surface area (Å²) in [6, 6.07) is 4.47. The number of allylic oxidation sites excluding steroid dienone is 1. The molecule has 4 rings (SSSR count). The quantitative estimate of drug-likeness (QED) is 0.658. The molecule has 1 aromatic carbocycles. The molecule has 10 nitrogen and oxygen atoms in total. The van der Waals surface area contributed by atoms with Crippen molar-refractivity contribution in [1.82, 2.24) is 14.7 Å². The molecule has 1 fully saturated rings. The minimum absolute atomic E-state index is 0.172. The number of carbonyl (C=O) groups excluding carboxylic acids is 3. The fourth-order valence-electron chi connectivity index (χ4n) is 4.11. The second kappa shape index (κ2) is 7.60. The summed E-state index contributed by atoms with van der Waals surface area (Å²) in [5.41, 5.74) is 2.69. The number of anilines is 1. The van der Waals surface area contributed by atoms with Gasteiger partial charge in [0.1, 0.15) is 12.3 Å². The minimum atomic E-state index is -0.761. The van der Waals surface area contributed by atoms with E-state index in [9.17, 15) is 14.4 Å². The molecule has 3 heterocycles. The molecule has 0 bridgehead atoms. The molecule has 31 heavy (non-hydrogen) atoms. The molecular weight excluding hydrogens is 402 g/mol. The monoisotopic (exact) mass is 427 g/mol. The third kappa shape index (κ3) is 3.18. The molecule has 3 amide bonds.